The van der Waals surface area contributed by atoms with E-state index in [4.69, 9.17) is 4.74 Å². The summed E-state index contributed by atoms with van der Waals surface area (Å²) in [4.78, 5) is 15.1. The van der Waals surface area contributed by atoms with Crippen molar-refractivity contribution in [2.45, 2.75) is 52.2 Å². The van der Waals surface area contributed by atoms with Crippen molar-refractivity contribution >= 4 is 11.6 Å². The second-order valence-electron chi connectivity index (χ2n) is 7.84. The minimum Gasteiger partial charge on any atom is -0.481 e. The molecule has 1 amide bonds. The second-order valence-corrected chi connectivity index (χ2v) is 7.84. The van der Waals surface area contributed by atoms with Gasteiger partial charge in [-0.25, -0.2) is 0 Å². The summed E-state index contributed by atoms with van der Waals surface area (Å²) in [5.41, 5.74) is 2.38. The van der Waals surface area contributed by atoms with Gasteiger partial charge in [0.25, 0.3) is 5.91 Å². The predicted octanol–water partition coefficient (Wildman–Crippen LogP) is 4.96. The number of carbonyl (C=O) groups excluding carboxylic acids is 1. The SMILES string of the molecule is CC[C@H](Oc1ccccc1)C(=O)N[C@H](C)c1ccc(N2CCC[C@H](C)C2)cc1. The summed E-state index contributed by atoms with van der Waals surface area (Å²) in [5, 5.41) is 3.10. The van der Waals surface area contributed by atoms with Crippen LogP contribution in [0.25, 0.3) is 0 Å². The van der Waals surface area contributed by atoms with Crippen LogP contribution in [0.5, 0.6) is 5.75 Å². The summed E-state index contributed by atoms with van der Waals surface area (Å²) < 4.78 is 5.85. The normalized spacial score (nSPS) is 19.0. The van der Waals surface area contributed by atoms with Gasteiger partial charge in [-0.3, -0.25) is 4.79 Å². The highest BCUT2D eigenvalue weighted by atomic mass is 16.5. The Labute approximate surface area is 168 Å². The Morgan fingerprint density at radius 1 is 1.18 bits per heavy atom. The lowest BCUT2D eigenvalue weighted by molar-refractivity contribution is -0.128. The first kappa shape index (κ1) is 20.2. The van der Waals surface area contributed by atoms with E-state index in [1.165, 1.54) is 18.5 Å². The van der Waals surface area contributed by atoms with Gasteiger partial charge in [-0.15, -0.1) is 0 Å². The summed E-state index contributed by atoms with van der Waals surface area (Å²) in [5.74, 6) is 1.40. The fourth-order valence-corrected chi connectivity index (χ4v) is 3.77. The van der Waals surface area contributed by atoms with Gasteiger partial charge in [-0.05, 0) is 61.9 Å². The summed E-state index contributed by atoms with van der Waals surface area (Å²) in [7, 11) is 0. The average Bonchev–Trinajstić information content (AvgIpc) is 2.72. The first-order valence-corrected chi connectivity index (χ1v) is 10.4. The Morgan fingerprint density at radius 3 is 2.54 bits per heavy atom. The number of rotatable bonds is 7. The van der Waals surface area contributed by atoms with Crippen LogP contribution in [0.4, 0.5) is 5.69 Å². The number of anilines is 1. The first-order valence-electron chi connectivity index (χ1n) is 10.4. The fourth-order valence-electron chi connectivity index (χ4n) is 3.77. The fraction of sp³-hybridized carbons (Fsp3) is 0.458. The number of nitrogens with one attached hydrogen (secondary N) is 1. The van der Waals surface area contributed by atoms with Crippen molar-refractivity contribution in [3.8, 4) is 5.75 Å². The van der Waals surface area contributed by atoms with Gasteiger partial charge in [0, 0.05) is 18.8 Å². The van der Waals surface area contributed by atoms with E-state index in [1.807, 2.05) is 44.2 Å². The van der Waals surface area contributed by atoms with Crippen molar-refractivity contribution in [2.75, 3.05) is 18.0 Å². The summed E-state index contributed by atoms with van der Waals surface area (Å²) in [6.45, 7) is 8.56. The van der Waals surface area contributed by atoms with E-state index in [-0.39, 0.29) is 11.9 Å². The maximum absolute atomic E-state index is 12.7. The molecule has 4 heteroatoms. The molecule has 28 heavy (non-hydrogen) atoms. The maximum Gasteiger partial charge on any atom is 0.261 e. The van der Waals surface area contributed by atoms with Crippen molar-refractivity contribution in [2.24, 2.45) is 5.92 Å². The molecule has 1 saturated heterocycles. The monoisotopic (exact) mass is 380 g/mol. The van der Waals surface area contributed by atoms with Crippen LogP contribution in [0.3, 0.4) is 0 Å². The zero-order chi connectivity index (χ0) is 19.9. The van der Waals surface area contributed by atoms with E-state index < -0.39 is 6.10 Å². The van der Waals surface area contributed by atoms with Gasteiger partial charge >= 0.3 is 0 Å². The smallest absolute Gasteiger partial charge is 0.261 e. The van der Waals surface area contributed by atoms with Crippen LogP contribution in [0, 0.1) is 5.92 Å². The topological polar surface area (TPSA) is 41.6 Å². The molecule has 150 valence electrons. The van der Waals surface area contributed by atoms with E-state index in [0.717, 1.165) is 30.3 Å². The van der Waals surface area contributed by atoms with E-state index in [0.29, 0.717) is 6.42 Å². The Kier molecular flexibility index (Phi) is 6.96. The molecule has 0 aliphatic carbocycles. The largest absolute Gasteiger partial charge is 0.481 e. The Bertz CT molecular complexity index is 745. The van der Waals surface area contributed by atoms with Gasteiger partial charge in [0.1, 0.15) is 5.75 Å². The zero-order valence-electron chi connectivity index (χ0n) is 17.2. The molecule has 1 aliphatic heterocycles. The number of hydrogen-bond donors (Lipinski definition) is 1. The number of carbonyl (C=O) groups is 1. The molecule has 1 fully saturated rings. The standard InChI is InChI=1S/C24H32N2O2/c1-4-23(28-22-10-6-5-7-11-22)24(27)25-19(3)20-12-14-21(15-13-20)26-16-8-9-18(2)17-26/h5-7,10-15,18-19,23H,4,8-9,16-17H2,1-3H3,(H,25,27)/t18-,19+,23-/m0/s1. The number of nitrogens with zero attached hydrogens (tertiary/aromatic N) is 1. The number of para-hydroxylation sites is 1. The maximum atomic E-state index is 12.7. The van der Waals surface area contributed by atoms with E-state index >= 15 is 0 Å². The molecule has 2 aromatic rings. The van der Waals surface area contributed by atoms with Crippen molar-refractivity contribution in [1.29, 1.82) is 0 Å². The Hall–Kier alpha value is -2.49. The minimum atomic E-state index is -0.487. The molecule has 3 rings (SSSR count). The lowest BCUT2D eigenvalue weighted by Gasteiger charge is -2.33. The van der Waals surface area contributed by atoms with Gasteiger partial charge in [0.15, 0.2) is 6.10 Å². The summed E-state index contributed by atoms with van der Waals surface area (Å²) >= 11 is 0. The lowest BCUT2D eigenvalue weighted by Crippen LogP contribution is -2.39. The van der Waals surface area contributed by atoms with Crippen molar-refractivity contribution in [1.82, 2.24) is 5.32 Å². The van der Waals surface area contributed by atoms with Gasteiger partial charge in [-0.1, -0.05) is 44.2 Å². The van der Waals surface area contributed by atoms with Crippen LogP contribution >= 0.6 is 0 Å². The number of benzene rings is 2. The van der Waals surface area contributed by atoms with Gasteiger partial charge in [0.05, 0.1) is 6.04 Å². The average molecular weight is 381 g/mol. The number of hydrogen-bond acceptors (Lipinski definition) is 3. The lowest BCUT2D eigenvalue weighted by atomic mass is 9.99. The van der Waals surface area contributed by atoms with Gasteiger partial charge in [-0.2, -0.15) is 0 Å². The number of amides is 1. The molecule has 0 unspecified atom stereocenters. The second kappa shape index (κ2) is 9.63. The predicted molar refractivity (Wildman–Crippen MR) is 115 cm³/mol. The quantitative estimate of drug-likeness (QED) is 0.738. The van der Waals surface area contributed by atoms with Crippen LogP contribution in [0.2, 0.25) is 0 Å². The van der Waals surface area contributed by atoms with Crippen LogP contribution in [-0.4, -0.2) is 25.1 Å². The van der Waals surface area contributed by atoms with Crippen molar-refractivity contribution in [3.63, 3.8) is 0 Å². The molecule has 0 spiro atoms. The van der Waals surface area contributed by atoms with E-state index in [1.54, 1.807) is 0 Å². The Morgan fingerprint density at radius 2 is 1.89 bits per heavy atom. The highest BCUT2D eigenvalue weighted by Gasteiger charge is 2.21. The van der Waals surface area contributed by atoms with Crippen molar-refractivity contribution in [3.05, 3.63) is 60.2 Å². The third-order valence-corrected chi connectivity index (χ3v) is 5.46. The van der Waals surface area contributed by atoms with E-state index in [2.05, 4.69) is 41.4 Å². The third kappa shape index (κ3) is 5.28. The summed E-state index contributed by atoms with van der Waals surface area (Å²) in [6.07, 6.45) is 2.72. The third-order valence-electron chi connectivity index (χ3n) is 5.46. The molecular weight excluding hydrogens is 348 g/mol. The molecule has 1 N–H and O–H groups in total. The molecule has 0 bridgehead atoms. The highest BCUT2D eigenvalue weighted by molar-refractivity contribution is 5.81. The van der Waals surface area contributed by atoms with E-state index in [9.17, 15) is 4.79 Å². The van der Waals surface area contributed by atoms with Crippen LogP contribution in [0.15, 0.2) is 54.6 Å². The summed E-state index contributed by atoms with van der Waals surface area (Å²) in [6, 6.07) is 18.0. The zero-order valence-corrected chi connectivity index (χ0v) is 17.2. The van der Waals surface area contributed by atoms with Crippen LogP contribution in [0.1, 0.15) is 51.6 Å². The molecule has 1 aliphatic rings. The molecule has 4 nitrogen and oxygen atoms in total. The van der Waals surface area contributed by atoms with Gasteiger partial charge < -0.3 is 15.0 Å². The number of ether oxygens (including phenoxy) is 1. The van der Waals surface area contributed by atoms with Crippen molar-refractivity contribution < 1.29 is 9.53 Å². The van der Waals surface area contributed by atoms with Crippen LogP contribution < -0.4 is 15.0 Å². The van der Waals surface area contributed by atoms with Crippen LogP contribution in [-0.2, 0) is 4.79 Å². The molecule has 0 aromatic heterocycles. The Balaban J connectivity index is 1.58. The molecule has 3 atom stereocenters. The number of piperidine rings is 1. The minimum absolute atomic E-state index is 0.0600. The van der Waals surface area contributed by atoms with Gasteiger partial charge in [0.2, 0.25) is 0 Å². The molecule has 2 aromatic carbocycles. The highest BCUT2D eigenvalue weighted by Crippen LogP contribution is 2.25. The molecule has 0 radical (unpaired) electrons. The molecule has 0 saturated carbocycles. The molecule has 1 heterocycles. The first-order chi connectivity index (χ1) is 13.6. The molecular formula is C24H32N2O2.